The Morgan fingerprint density at radius 3 is 2.36 bits per heavy atom. The Balaban J connectivity index is 2.35. The lowest BCUT2D eigenvalue weighted by molar-refractivity contribution is -0.146. The van der Waals surface area contributed by atoms with Crippen molar-refractivity contribution < 1.29 is 29.0 Å². The third-order valence-electron chi connectivity index (χ3n) is 4.08. The van der Waals surface area contributed by atoms with Gasteiger partial charge in [0.25, 0.3) is 5.91 Å². The molecule has 1 aromatic rings. The molecule has 0 bridgehead atoms. The fourth-order valence-electron chi connectivity index (χ4n) is 2.77. The minimum Gasteiger partial charge on any atom is -0.481 e. The van der Waals surface area contributed by atoms with Crippen LogP contribution in [0.4, 0.5) is 5.00 Å². The molecular weight excluding hydrogens is 348 g/mol. The molecule has 4 N–H and O–H groups in total. The summed E-state index contributed by atoms with van der Waals surface area (Å²) in [6.45, 7) is 1.53. The van der Waals surface area contributed by atoms with Crippen LogP contribution in [-0.2, 0) is 14.3 Å². The highest BCUT2D eigenvalue weighted by Gasteiger charge is 2.35. The zero-order chi connectivity index (χ0) is 18.7. The highest BCUT2D eigenvalue weighted by atomic mass is 32.1. The molecule has 0 aliphatic heterocycles. The largest absolute Gasteiger partial charge is 0.481 e. The van der Waals surface area contributed by atoms with E-state index in [2.05, 4.69) is 5.32 Å². The lowest BCUT2D eigenvalue weighted by Crippen LogP contribution is -2.34. The number of carbonyl (C=O) groups excluding carboxylic acids is 3. The first kappa shape index (κ1) is 18.7. The van der Waals surface area contributed by atoms with E-state index >= 15 is 0 Å². The number of allylic oxidation sites excluding steroid dienone is 2. The summed E-state index contributed by atoms with van der Waals surface area (Å²) in [5.74, 6) is -4.64. The van der Waals surface area contributed by atoms with Crippen LogP contribution in [-0.4, -0.2) is 36.0 Å². The van der Waals surface area contributed by atoms with E-state index < -0.39 is 35.6 Å². The van der Waals surface area contributed by atoms with Crippen LogP contribution in [0.25, 0.3) is 0 Å². The number of carboxylic acids is 1. The summed E-state index contributed by atoms with van der Waals surface area (Å²) in [6, 6.07) is 0. The monoisotopic (exact) mass is 366 g/mol. The summed E-state index contributed by atoms with van der Waals surface area (Å²) in [5.41, 5.74) is 5.66. The summed E-state index contributed by atoms with van der Waals surface area (Å²) >= 11 is 0.867. The number of amides is 2. The van der Waals surface area contributed by atoms with Gasteiger partial charge >= 0.3 is 11.9 Å². The van der Waals surface area contributed by atoms with E-state index in [-0.39, 0.29) is 28.3 Å². The quantitative estimate of drug-likeness (QED) is 0.534. The molecule has 0 saturated carbocycles. The normalized spacial score (nSPS) is 19.3. The van der Waals surface area contributed by atoms with Gasteiger partial charge in [0.05, 0.1) is 29.4 Å². The van der Waals surface area contributed by atoms with E-state index in [4.69, 9.17) is 10.5 Å². The third kappa shape index (κ3) is 3.71. The van der Waals surface area contributed by atoms with Crippen LogP contribution in [0.3, 0.4) is 0 Å². The van der Waals surface area contributed by atoms with Gasteiger partial charge in [-0.15, -0.1) is 11.3 Å². The van der Waals surface area contributed by atoms with Crippen molar-refractivity contribution in [3.05, 3.63) is 28.2 Å². The number of nitrogens with two attached hydrogens (primary N) is 1. The fourth-order valence-corrected chi connectivity index (χ4v) is 3.82. The van der Waals surface area contributed by atoms with E-state index in [0.717, 1.165) is 11.3 Å². The molecule has 0 spiro atoms. The van der Waals surface area contributed by atoms with Crippen molar-refractivity contribution in [1.82, 2.24) is 0 Å². The lowest BCUT2D eigenvalue weighted by Gasteiger charge is -2.24. The number of thiophene rings is 1. The van der Waals surface area contributed by atoms with Crippen molar-refractivity contribution in [2.75, 3.05) is 12.4 Å². The second-order valence-corrected chi connectivity index (χ2v) is 6.62. The van der Waals surface area contributed by atoms with Gasteiger partial charge in [0.2, 0.25) is 5.91 Å². The summed E-state index contributed by atoms with van der Waals surface area (Å²) < 4.78 is 4.70. The first-order valence-corrected chi connectivity index (χ1v) is 8.29. The van der Waals surface area contributed by atoms with Crippen LogP contribution < -0.4 is 11.1 Å². The average molecular weight is 366 g/mol. The predicted octanol–water partition coefficient (Wildman–Crippen LogP) is 1.55. The number of hydrogen-bond acceptors (Lipinski definition) is 6. The Morgan fingerprint density at radius 1 is 1.24 bits per heavy atom. The van der Waals surface area contributed by atoms with Gasteiger partial charge < -0.3 is 20.9 Å². The minimum absolute atomic E-state index is 0.0490. The summed E-state index contributed by atoms with van der Waals surface area (Å²) in [4.78, 5) is 47.5. The molecule has 1 aliphatic carbocycles. The van der Waals surface area contributed by atoms with Crippen LogP contribution in [0.2, 0.25) is 0 Å². The number of carbonyl (C=O) groups is 4. The minimum atomic E-state index is -1.06. The predicted molar refractivity (Wildman–Crippen MR) is 90.5 cm³/mol. The maximum atomic E-state index is 12.6. The molecule has 0 unspecified atom stereocenters. The second kappa shape index (κ2) is 7.47. The number of methoxy groups -OCH3 is 1. The molecule has 0 fully saturated rings. The Labute approximate surface area is 147 Å². The van der Waals surface area contributed by atoms with Gasteiger partial charge in [-0.05, 0) is 25.3 Å². The van der Waals surface area contributed by atoms with E-state index in [9.17, 15) is 24.3 Å². The highest BCUT2D eigenvalue weighted by Crippen LogP contribution is 2.35. The molecule has 1 aromatic heterocycles. The smallest absolute Gasteiger partial charge is 0.341 e. The van der Waals surface area contributed by atoms with Gasteiger partial charge in [0.1, 0.15) is 5.00 Å². The molecule has 2 atom stereocenters. The van der Waals surface area contributed by atoms with Crippen LogP contribution in [0, 0.1) is 18.8 Å². The maximum absolute atomic E-state index is 12.6. The summed E-state index contributed by atoms with van der Waals surface area (Å²) in [5, 5.41) is 12.0. The second-order valence-electron chi connectivity index (χ2n) is 5.60. The maximum Gasteiger partial charge on any atom is 0.341 e. The highest BCUT2D eigenvalue weighted by molar-refractivity contribution is 7.18. The SMILES string of the molecule is COC(=O)c1c(NC(=O)[C@H]2CC=CC[C@H]2C(=O)O)sc(C(N)=O)c1C. The van der Waals surface area contributed by atoms with Crippen molar-refractivity contribution >= 4 is 40.1 Å². The zero-order valence-corrected chi connectivity index (χ0v) is 14.5. The van der Waals surface area contributed by atoms with E-state index in [1.807, 2.05) is 0 Å². The van der Waals surface area contributed by atoms with Gasteiger partial charge in [-0.25, -0.2) is 4.79 Å². The molecule has 25 heavy (non-hydrogen) atoms. The van der Waals surface area contributed by atoms with E-state index in [1.54, 1.807) is 12.2 Å². The molecular formula is C16H18N2O6S. The molecule has 134 valence electrons. The van der Waals surface area contributed by atoms with Gasteiger partial charge in [-0.2, -0.15) is 0 Å². The van der Waals surface area contributed by atoms with Crippen molar-refractivity contribution in [2.24, 2.45) is 17.6 Å². The van der Waals surface area contributed by atoms with Crippen molar-refractivity contribution in [3.8, 4) is 0 Å². The molecule has 1 aliphatic rings. The van der Waals surface area contributed by atoms with Gasteiger partial charge in [-0.1, -0.05) is 12.2 Å². The Bertz CT molecular complexity index is 767. The Hall–Kier alpha value is -2.68. The Kier molecular flexibility index (Phi) is 5.58. The number of anilines is 1. The molecule has 9 heteroatoms. The number of hydrogen-bond donors (Lipinski definition) is 3. The van der Waals surface area contributed by atoms with Gasteiger partial charge in [0, 0.05) is 0 Å². The fraction of sp³-hybridized carbons (Fsp3) is 0.375. The molecule has 2 rings (SSSR count). The first-order valence-electron chi connectivity index (χ1n) is 7.48. The van der Waals surface area contributed by atoms with Crippen molar-refractivity contribution in [2.45, 2.75) is 19.8 Å². The van der Waals surface area contributed by atoms with Crippen LogP contribution in [0.1, 0.15) is 38.4 Å². The summed E-state index contributed by atoms with van der Waals surface area (Å²) in [7, 11) is 1.18. The lowest BCUT2D eigenvalue weighted by atomic mass is 9.82. The van der Waals surface area contributed by atoms with Gasteiger partial charge in [-0.3, -0.25) is 14.4 Å². The number of esters is 1. The number of ether oxygens (including phenoxy) is 1. The molecule has 2 amide bonds. The number of rotatable bonds is 5. The van der Waals surface area contributed by atoms with Crippen molar-refractivity contribution in [1.29, 1.82) is 0 Å². The Morgan fingerprint density at radius 2 is 1.84 bits per heavy atom. The van der Waals surface area contributed by atoms with E-state index in [0.29, 0.717) is 5.56 Å². The molecule has 0 radical (unpaired) electrons. The van der Waals surface area contributed by atoms with Crippen LogP contribution in [0.5, 0.6) is 0 Å². The molecule has 8 nitrogen and oxygen atoms in total. The standard InChI is InChI=1S/C16H18N2O6S/c1-7-10(16(23)24-2)14(25-11(7)12(17)19)18-13(20)8-5-3-4-6-9(8)15(21)22/h3-4,8-9H,5-6H2,1-2H3,(H2,17,19)(H,18,20)(H,21,22)/t8-,9+/m0/s1. The number of carboxylic acid groups (broad SMARTS) is 1. The zero-order valence-electron chi connectivity index (χ0n) is 13.7. The summed E-state index contributed by atoms with van der Waals surface area (Å²) in [6.07, 6.45) is 4.01. The number of aliphatic carboxylic acids is 1. The molecule has 0 saturated heterocycles. The van der Waals surface area contributed by atoms with E-state index in [1.165, 1.54) is 14.0 Å². The number of nitrogens with one attached hydrogen (secondary N) is 1. The van der Waals surface area contributed by atoms with Crippen LogP contribution in [0.15, 0.2) is 12.2 Å². The number of primary amides is 1. The first-order chi connectivity index (χ1) is 11.8. The third-order valence-corrected chi connectivity index (χ3v) is 5.30. The average Bonchev–Trinajstić information content (AvgIpc) is 2.90. The van der Waals surface area contributed by atoms with Crippen LogP contribution >= 0.6 is 11.3 Å². The topological polar surface area (TPSA) is 136 Å². The molecule has 0 aromatic carbocycles. The van der Waals surface area contributed by atoms with Crippen molar-refractivity contribution in [3.63, 3.8) is 0 Å². The molecule has 1 heterocycles. The van der Waals surface area contributed by atoms with Gasteiger partial charge in [0.15, 0.2) is 0 Å².